The van der Waals surface area contributed by atoms with Gasteiger partial charge >= 0.3 is 0 Å². The monoisotopic (exact) mass is 296 g/mol. The summed E-state index contributed by atoms with van der Waals surface area (Å²) in [4.78, 5) is 0. The van der Waals surface area contributed by atoms with Crippen LogP contribution in [-0.2, 0) is 0 Å². The van der Waals surface area contributed by atoms with Crippen molar-refractivity contribution in [3.05, 3.63) is 58.1 Å². The molecule has 0 radical (unpaired) electrons. The van der Waals surface area contributed by atoms with Gasteiger partial charge in [0, 0.05) is 0 Å². The van der Waals surface area contributed by atoms with Gasteiger partial charge in [-0.1, -0.05) is 46.6 Å². The van der Waals surface area contributed by atoms with Crippen molar-refractivity contribution in [2.24, 2.45) is 10.9 Å². The van der Waals surface area contributed by atoms with E-state index < -0.39 is 0 Å². The van der Waals surface area contributed by atoms with E-state index in [-0.39, 0.29) is 5.84 Å². The molecule has 0 aromatic heterocycles. The molecule has 3 N–H and O–H groups in total. The van der Waals surface area contributed by atoms with E-state index in [4.69, 9.17) is 38.9 Å². The molecule has 0 aliphatic rings. The summed E-state index contributed by atoms with van der Waals surface area (Å²) in [6.07, 6.45) is 0. The van der Waals surface area contributed by atoms with Gasteiger partial charge in [-0.3, -0.25) is 0 Å². The van der Waals surface area contributed by atoms with E-state index in [1.54, 1.807) is 42.5 Å². The van der Waals surface area contributed by atoms with Gasteiger partial charge in [-0.15, -0.1) is 0 Å². The van der Waals surface area contributed by atoms with E-state index in [1.165, 1.54) is 0 Å². The molecule has 0 amide bonds. The molecule has 0 heterocycles. The number of halogens is 2. The summed E-state index contributed by atoms with van der Waals surface area (Å²) in [5.41, 5.74) is 5.90. The summed E-state index contributed by atoms with van der Waals surface area (Å²) in [6.45, 7) is 0. The lowest BCUT2D eigenvalue weighted by Gasteiger charge is -2.12. The maximum Gasteiger partial charge on any atom is 0.175 e. The van der Waals surface area contributed by atoms with E-state index >= 15 is 0 Å². The number of hydrogen-bond acceptors (Lipinski definition) is 3. The molecule has 0 saturated carbocycles. The highest BCUT2D eigenvalue weighted by molar-refractivity contribution is 6.34. The number of amidine groups is 1. The average Bonchev–Trinajstić information content (AvgIpc) is 2.41. The lowest BCUT2D eigenvalue weighted by molar-refractivity contribution is 0.318. The van der Waals surface area contributed by atoms with E-state index in [1.807, 2.05) is 0 Å². The highest BCUT2D eigenvalue weighted by Gasteiger charge is 2.14. The Bertz CT molecular complexity index is 630. The fraction of sp³-hybridized carbons (Fsp3) is 0. The maximum atomic E-state index is 8.78. The van der Waals surface area contributed by atoms with Crippen LogP contribution in [0.25, 0.3) is 0 Å². The van der Waals surface area contributed by atoms with Crippen LogP contribution < -0.4 is 10.5 Å². The van der Waals surface area contributed by atoms with Gasteiger partial charge in [-0.05, 0) is 24.3 Å². The second kappa shape index (κ2) is 5.82. The number of nitrogens with zero attached hydrogens (tertiary/aromatic N) is 1. The minimum Gasteiger partial charge on any atom is -0.455 e. The summed E-state index contributed by atoms with van der Waals surface area (Å²) < 4.78 is 5.66. The Morgan fingerprint density at radius 1 is 1.00 bits per heavy atom. The van der Waals surface area contributed by atoms with Crippen LogP contribution in [0.1, 0.15) is 5.56 Å². The number of oxime groups is 1. The third-order valence-electron chi connectivity index (χ3n) is 2.40. The minimum atomic E-state index is -0.132. The number of rotatable bonds is 3. The van der Waals surface area contributed by atoms with Crippen molar-refractivity contribution in [3.8, 4) is 11.5 Å². The van der Waals surface area contributed by atoms with E-state index in [2.05, 4.69) is 5.16 Å². The quantitative estimate of drug-likeness (QED) is 0.391. The topological polar surface area (TPSA) is 67.8 Å². The Morgan fingerprint density at radius 2 is 1.63 bits per heavy atom. The molecule has 0 aliphatic heterocycles. The molecule has 0 spiro atoms. The first-order valence-corrected chi connectivity index (χ1v) is 6.08. The van der Waals surface area contributed by atoms with Crippen molar-refractivity contribution in [2.45, 2.75) is 0 Å². The highest BCUT2D eigenvalue weighted by atomic mass is 35.5. The van der Waals surface area contributed by atoms with Gasteiger partial charge in [0.25, 0.3) is 0 Å². The predicted octanol–water partition coefficient (Wildman–Crippen LogP) is 3.88. The van der Waals surface area contributed by atoms with Gasteiger partial charge in [0.1, 0.15) is 11.5 Å². The molecule has 0 aliphatic carbocycles. The molecule has 2 aromatic rings. The third kappa shape index (κ3) is 2.92. The molecule has 19 heavy (non-hydrogen) atoms. The van der Waals surface area contributed by atoms with Gasteiger partial charge < -0.3 is 15.7 Å². The summed E-state index contributed by atoms with van der Waals surface area (Å²) in [5.74, 6) is 0.682. The minimum absolute atomic E-state index is 0.132. The van der Waals surface area contributed by atoms with Crippen LogP contribution >= 0.6 is 23.2 Å². The smallest absolute Gasteiger partial charge is 0.175 e. The largest absolute Gasteiger partial charge is 0.455 e. The molecule has 0 saturated heterocycles. The molecular formula is C13H10Cl2N2O2. The summed E-state index contributed by atoms with van der Waals surface area (Å²) >= 11 is 12.0. The van der Waals surface area contributed by atoms with Crippen LogP contribution in [0.3, 0.4) is 0 Å². The zero-order chi connectivity index (χ0) is 13.8. The molecule has 0 fully saturated rings. The van der Waals surface area contributed by atoms with Crippen molar-refractivity contribution >= 4 is 29.0 Å². The average molecular weight is 297 g/mol. The highest BCUT2D eigenvalue weighted by Crippen LogP contribution is 2.33. The lowest BCUT2D eigenvalue weighted by Crippen LogP contribution is -2.14. The number of benzene rings is 2. The molecule has 2 rings (SSSR count). The van der Waals surface area contributed by atoms with Crippen LogP contribution in [0.4, 0.5) is 0 Å². The molecule has 6 heteroatoms. The molecule has 0 bridgehead atoms. The first-order chi connectivity index (χ1) is 9.13. The second-order valence-corrected chi connectivity index (χ2v) is 4.45. The van der Waals surface area contributed by atoms with Gasteiger partial charge in [0.2, 0.25) is 0 Å². The SMILES string of the molecule is NC(=NO)c1c(Cl)cccc1Oc1ccccc1Cl. The summed E-state index contributed by atoms with van der Waals surface area (Å²) in [7, 11) is 0. The van der Waals surface area contributed by atoms with Gasteiger partial charge in [-0.25, -0.2) is 0 Å². The molecule has 2 aromatic carbocycles. The van der Waals surface area contributed by atoms with Crippen molar-refractivity contribution in [1.82, 2.24) is 0 Å². The van der Waals surface area contributed by atoms with Crippen molar-refractivity contribution in [2.75, 3.05) is 0 Å². The van der Waals surface area contributed by atoms with Crippen LogP contribution in [0, 0.1) is 0 Å². The number of nitrogens with two attached hydrogens (primary N) is 1. The first kappa shape index (κ1) is 13.5. The van der Waals surface area contributed by atoms with Crippen LogP contribution in [0.5, 0.6) is 11.5 Å². The third-order valence-corrected chi connectivity index (χ3v) is 3.02. The van der Waals surface area contributed by atoms with Crippen LogP contribution in [0.2, 0.25) is 10.0 Å². The lowest BCUT2D eigenvalue weighted by atomic mass is 10.2. The number of hydrogen-bond donors (Lipinski definition) is 2. The maximum absolute atomic E-state index is 8.78. The molecular weight excluding hydrogens is 287 g/mol. The normalized spacial score (nSPS) is 11.4. The second-order valence-electron chi connectivity index (χ2n) is 3.63. The van der Waals surface area contributed by atoms with Gasteiger partial charge in [0.05, 0.1) is 15.6 Å². The first-order valence-electron chi connectivity index (χ1n) is 5.32. The van der Waals surface area contributed by atoms with E-state index in [0.717, 1.165) is 0 Å². The van der Waals surface area contributed by atoms with Crippen molar-refractivity contribution in [1.29, 1.82) is 0 Å². The van der Waals surface area contributed by atoms with Crippen molar-refractivity contribution < 1.29 is 9.94 Å². The fourth-order valence-corrected chi connectivity index (χ4v) is 1.97. The van der Waals surface area contributed by atoms with E-state index in [0.29, 0.717) is 27.1 Å². The Kier molecular flexibility index (Phi) is 4.14. The van der Waals surface area contributed by atoms with Gasteiger partial charge in [0.15, 0.2) is 5.84 Å². The molecule has 0 atom stereocenters. The van der Waals surface area contributed by atoms with Crippen LogP contribution in [0.15, 0.2) is 47.6 Å². The van der Waals surface area contributed by atoms with Crippen LogP contribution in [-0.4, -0.2) is 11.0 Å². The van der Waals surface area contributed by atoms with E-state index in [9.17, 15) is 0 Å². The zero-order valence-electron chi connectivity index (χ0n) is 9.68. The Hall–Kier alpha value is -1.91. The number of ether oxygens (including phenoxy) is 1. The molecule has 4 nitrogen and oxygen atoms in total. The van der Waals surface area contributed by atoms with Crippen molar-refractivity contribution in [3.63, 3.8) is 0 Å². The Labute approximate surface area is 120 Å². The predicted molar refractivity (Wildman–Crippen MR) is 75.5 cm³/mol. The summed E-state index contributed by atoms with van der Waals surface area (Å²) in [5, 5.41) is 12.5. The fourth-order valence-electron chi connectivity index (χ4n) is 1.53. The number of para-hydroxylation sites is 1. The standard InChI is InChI=1S/C13H10Cl2N2O2/c14-8-4-1-2-6-10(8)19-11-7-3-5-9(15)12(11)13(16)17-18/h1-7,18H,(H2,16,17). The Balaban J connectivity index is 2.47. The van der Waals surface area contributed by atoms with Gasteiger partial charge in [-0.2, -0.15) is 0 Å². The Morgan fingerprint density at radius 3 is 2.32 bits per heavy atom. The zero-order valence-corrected chi connectivity index (χ0v) is 11.2. The molecule has 98 valence electrons. The summed E-state index contributed by atoms with van der Waals surface area (Å²) in [6, 6.07) is 12.0. The molecule has 0 unspecified atom stereocenters.